The first kappa shape index (κ1) is 16.0. The molecule has 1 amide bonds. The number of nitrogens with one attached hydrogen (secondary N) is 1. The largest absolute Gasteiger partial charge is 0.451 e. The summed E-state index contributed by atoms with van der Waals surface area (Å²) < 4.78 is 6.83. The highest BCUT2D eigenvalue weighted by molar-refractivity contribution is 5.90. The molecular formula is C16H21N3O3. The Morgan fingerprint density at radius 3 is 2.73 bits per heavy atom. The quantitative estimate of drug-likeness (QED) is 0.859. The number of fused-ring (bicyclic) bond motifs is 1. The number of carbonyl (C=O) groups excluding carboxylic acids is 2. The molecule has 0 radical (unpaired) electrons. The van der Waals surface area contributed by atoms with Gasteiger partial charge in [0.1, 0.15) is 5.65 Å². The number of rotatable bonds is 5. The third kappa shape index (κ3) is 3.63. The Morgan fingerprint density at radius 1 is 1.36 bits per heavy atom. The summed E-state index contributed by atoms with van der Waals surface area (Å²) in [4.78, 5) is 28.0. The number of pyridine rings is 1. The first-order valence-electron chi connectivity index (χ1n) is 7.25. The van der Waals surface area contributed by atoms with Crippen LogP contribution in [0.4, 0.5) is 0 Å². The van der Waals surface area contributed by atoms with Gasteiger partial charge < -0.3 is 14.5 Å². The Morgan fingerprint density at radius 2 is 2.09 bits per heavy atom. The number of nitrogens with zero attached hydrogens (tertiary/aromatic N) is 2. The van der Waals surface area contributed by atoms with Crippen LogP contribution in [0, 0.1) is 6.92 Å². The van der Waals surface area contributed by atoms with Crippen LogP contribution in [0.25, 0.3) is 5.65 Å². The maximum Gasteiger partial charge on any atom is 0.359 e. The fourth-order valence-electron chi connectivity index (χ4n) is 1.95. The summed E-state index contributed by atoms with van der Waals surface area (Å²) in [5.74, 6) is -0.923. The number of amides is 1. The Labute approximate surface area is 129 Å². The highest BCUT2D eigenvalue weighted by Gasteiger charge is 2.20. The molecule has 118 valence electrons. The van der Waals surface area contributed by atoms with Crippen LogP contribution >= 0.6 is 0 Å². The molecule has 0 fully saturated rings. The minimum absolute atomic E-state index is 0.192. The fourth-order valence-corrected chi connectivity index (χ4v) is 1.95. The molecule has 0 saturated carbocycles. The second-order valence-electron chi connectivity index (χ2n) is 5.88. The number of esters is 1. The summed E-state index contributed by atoms with van der Waals surface area (Å²) >= 11 is 0. The van der Waals surface area contributed by atoms with Crippen molar-refractivity contribution in [2.45, 2.75) is 39.7 Å². The van der Waals surface area contributed by atoms with Gasteiger partial charge in [-0.2, -0.15) is 0 Å². The average molecular weight is 303 g/mol. The van der Waals surface area contributed by atoms with Crippen LogP contribution in [-0.2, 0) is 9.53 Å². The molecule has 6 nitrogen and oxygen atoms in total. The Kier molecular flexibility index (Phi) is 4.49. The zero-order valence-electron chi connectivity index (χ0n) is 13.3. The van der Waals surface area contributed by atoms with E-state index in [-0.39, 0.29) is 23.7 Å². The topological polar surface area (TPSA) is 72.7 Å². The van der Waals surface area contributed by atoms with Gasteiger partial charge in [-0.25, -0.2) is 9.78 Å². The summed E-state index contributed by atoms with van der Waals surface area (Å²) in [7, 11) is 0. The summed E-state index contributed by atoms with van der Waals surface area (Å²) in [6, 6.07) is 5.59. The van der Waals surface area contributed by atoms with Gasteiger partial charge in [-0.05, 0) is 39.3 Å². The molecule has 0 aliphatic carbocycles. The van der Waals surface area contributed by atoms with Crippen LogP contribution in [0.2, 0.25) is 0 Å². The van der Waals surface area contributed by atoms with Crippen molar-refractivity contribution >= 4 is 17.5 Å². The Bertz CT molecular complexity index is 704. The van der Waals surface area contributed by atoms with Gasteiger partial charge >= 0.3 is 5.97 Å². The summed E-state index contributed by atoms with van der Waals surface area (Å²) in [5, 5.41) is 2.81. The normalized spacial score (nSPS) is 11.5. The molecule has 22 heavy (non-hydrogen) atoms. The molecule has 6 heteroatoms. The first-order chi connectivity index (χ1) is 10.3. The van der Waals surface area contributed by atoms with Crippen LogP contribution in [0.1, 0.15) is 43.4 Å². The van der Waals surface area contributed by atoms with Gasteiger partial charge in [-0.15, -0.1) is 0 Å². The van der Waals surface area contributed by atoms with E-state index in [0.29, 0.717) is 5.65 Å². The molecule has 0 atom stereocenters. The monoisotopic (exact) mass is 303 g/mol. The molecular weight excluding hydrogens is 282 g/mol. The van der Waals surface area contributed by atoms with Crippen molar-refractivity contribution in [1.82, 2.24) is 14.7 Å². The van der Waals surface area contributed by atoms with Crippen molar-refractivity contribution in [1.29, 1.82) is 0 Å². The van der Waals surface area contributed by atoms with Crippen LogP contribution in [0.15, 0.2) is 24.4 Å². The maximum absolute atomic E-state index is 12.0. The molecule has 1 N–H and O–H groups in total. The van der Waals surface area contributed by atoms with E-state index in [1.807, 2.05) is 39.8 Å². The van der Waals surface area contributed by atoms with E-state index >= 15 is 0 Å². The number of hydrogen-bond donors (Lipinski definition) is 1. The standard InChI is InChI=1S/C16H21N3O3/c1-5-16(3,4)18-14(20)10-22-15(21)12-9-19-11(2)7-6-8-13(19)17-12/h6-9H,5,10H2,1-4H3,(H,18,20). The van der Waals surface area contributed by atoms with E-state index in [2.05, 4.69) is 10.3 Å². The van der Waals surface area contributed by atoms with Crippen LogP contribution in [-0.4, -0.2) is 33.4 Å². The molecule has 2 aromatic heterocycles. The number of ether oxygens (including phenoxy) is 1. The number of imidazole rings is 1. The molecule has 0 aliphatic heterocycles. The molecule has 2 aromatic rings. The number of hydrogen-bond acceptors (Lipinski definition) is 4. The third-order valence-electron chi connectivity index (χ3n) is 3.60. The lowest BCUT2D eigenvalue weighted by molar-refractivity contribution is -0.125. The zero-order chi connectivity index (χ0) is 16.3. The molecule has 0 spiro atoms. The second kappa shape index (κ2) is 6.17. The van der Waals surface area contributed by atoms with Crippen molar-refractivity contribution < 1.29 is 14.3 Å². The van der Waals surface area contributed by atoms with Crippen molar-refractivity contribution in [3.8, 4) is 0 Å². The molecule has 2 heterocycles. The molecule has 2 rings (SSSR count). The fraction of sp³-hybridized carbons (Fsp3) is 0.438. The van der Waals surface area contributed by atoms with Gasteiger partial charge in [0.15, 0.2) is 12.3 Å². The lowest BCUT2D eigenvalue weighted by Gasteiger charge is -2.24. The van der Waals surface area contributed by atoms with Gasteiger partial charge in [0.25, 0.3) is 5.91 Å². The number of aromatic nitrogens is 2. The maximum atomic E-state index is 12.0. The minimum Gasteiger partial charge on any atom is -0.451 e. The van der Waals surface area contributed by atoms with Gasteiger partial charge in [0.2, 0.25) is 0 Å². The highest BCUT2D eigenvalue weighted by Crippen LogP contribution is 2.10. The first-order valence-corrected chi connectivity index (χ1v) is 7.25. The van der Waals surface area contributed by atoms with Crippen molar-refractivity contribution in [3.63, 3.8) is 0 Å². The van der Waals surface area contributed by atoms with Crippen molar-refractivity contribution in [2.24, 2.45) is 0 Å². The number of carbonyl (C=O) groups is 2. The average Bonchev–Trinajstić information content (AvgIpc) is 2.90. The lowest BCUT2D eigenvalue weighted by atomic mass is 10.0. The summed E-state index contributed by atoms with van der Waals surface area (Å²) in [6.45, 7) is 7.42. The van der Waals surface area contributed by atoms with Crippen LogP contribution < -0.4 is 5.32 Å². The van der Waals surface area contributed by atoms with E-state index in [1.54, 1.807) is 16.7 Å². The van der Waals surface area contributed by atoms with Crippen molar-refractivity contribution in [2.75, 3.05) is 6.61 Å². The predicted octanol–water partition coefficient (Wildman–Crippen LogP) is 2.10. The zero-order valence-corrected chi connectivity index (χ0v) is 13.3. The molecule has 0 saturated heterocycles. The van der Waals surface area contributed by atoms with E-state index < -0.39 is 5.97 Å². The number of aryl methyl sites for hydroxylation is 1. The SMILES string of the molecule is CCC(C)(C)NC(=O)COC(=O)c1cn2c(C)cccc2n1. The van der Waals surface area contributed by atoms with Gasteiger partial charge in [-0.1, -0.05) is 13.0 Å². The van der Waals surface area contributed by atoms with E-state index in [1.165, 1.54) is 0 Å². The molecule has 0 unspecified atom stereocenters. The second-order valence-corrected chi connectivity index (χ2v) is 5.88. The summed E-state index contributed by atoms with van der Waals surface area (Å²) in [6.07, 6.45) is 2.40. The molecule has 0 bridgehead atoms. The predicted molar refractivity (Wildman–Crippen MR) is 82.7 cm³/mol. The van der Waals surface area contributed by atoms with Crippen LogP contribution in [0.5, 0.6) is 0 Å². The lowest BCUT2D eigenvalue weighted by Crippen LogP contribution is -2.44. The third-order valence-corrected chi connectivity index (χ3v) is 3.60. The van der Waals surface area contributed by atoms with Gasteiger partial charge in [0, 0.05) is 17.4 Å². The Balaban J connectivity index is 2.00. The van der Waals surface area contributed by atoms with Crippen molar-refractivity contribution in [3.05, 3.63) is 35.8 Å². The Hall–Kier alpha value is -2.37. The molecule has 0 aliphatic rings. The van der Waals surface area contributed by atoms with E-state index in [0.717, 1.165) is 12.1 Å². The minimum atomic E-state index is -0.604. The van der Waals surface area contributed by atoms with Crippen LogP contribution in [0.3, 0.4) is 0 Å². The van der Waals surface area contributed by atoms with Gasteiger partial charge in [0.05, 0.1) is 0 Å². The highest BCUT2D eigenvalue weighted by atomic mass is 16.5. The van der Waals surface area contributed by atoms with E-state index in [4.69, 9.17) is 4.74 Å². The molecule has 0 aromatic carbocycles. The summed E-state index contributed by atoms with van der Waals surface area (Å²) in [5.41, 5.74) is 1.51. The van der Waals surface area contributed by atoms with Gasteiger partial charge in [-0.3, -0.25) is 4.79 Å². The smallest absolute Gasteiger partial charge is 0.359 e. The van der Waals surface area contributed by atoms with E-state index in [9.17, 15) is 9.59 Å².